The topological polar surface area (TPSA) is 52.6 Å². The van der Waals surface area contributed by atoms with Crippen molar-refractivity contribution in [1.82, 2.24) is 0 Å². The van der Waals surface area contributed by atoms with E-state index in [0.717, 1.165) is 6.42 Å². The van der Waals surface area contributed by atoms with Crippen LogP contribution in [0.3, 0.4) is 0 Å². The molecule has 1 unspecified atom stereocenters. The molecule has 0 aromatic heterocycles. The normalized spacial score (nSPS) is 19.6. The van der Waals surface area contributed by atoms with Crippen LogP contribution in [0.1, 0.15) is 26.7 Å². The second-order valence-corrected chi connectivity index (χ2v) is 3.26. The summed E-state index contributed by atoms with van der Waals surface area (Å²) < 4.78 is 9.77. The smallest absolute Gasteiger partial charge is 0.334 e. The highest BCUT2D eigenvalue weighted by Gasteiger charge is 2.32. The summed E-state index contributed by atoms with van der Waals surface area (Å²) in [5, 5.41) is 0. The number of hydrogen-bond acceptors (Lipinski definition) is 4. The lowest BCUT2D eigenvalue weighted by atomic mass is 10.0. The van der Waals surface area contributed by atoms with Gasteiger partial charge in [0.05, 0.1) is 19.1 Å². The molecule has 0 heterocycles. The highest BCUT2D eigenvalue weighted by atomic mass is 16.5. The van der Waals surface area contributed by atoms with Crippen molar-refractivity contribution in [2.45, 2.75) is 26.7 Å². The molecule has 84 valence electrons. The van der Waals surface area contributed by atoms with Gasteiger partial charge in [0.15, 0.2) is 0 Å². The van der Waals surface area contributed by atoms with Gasteiger partial charge in [-0.2, -0.15) is 0 Å². The van der Waals surface area contributed by atoms with Crippen molar-refractivity contribution in [2.24, 2.45) is 5.92 Å². The number of ether oxygens (including phenoxy) is 2. The number of esters is 2. The van der Waals surface area contributed by atoms with Crippen molar-refractivity contribution in [3.05, 3.63) is 11.6 Å². The van der Waals surface area contributed by atoms with E-state index in [4.69, 9.17) is 9.47 Å². The predicted molar refractivity (Wildman–Crippen MR) is 54.1 cm³/mol. The third-order valence-corrected chi connectivity index (χ3v) is 2.28. The Morgan fingerprint density at radius 3 is 2.60 bits per heavy atom. The van der Waals surface area contributed by atoms with E-state index in [0.29, 0.717) is 25.2 Å². The lowest BCUT2D eigenvalue weighted by molar-refractivity contribution is -0.149. The average molecular weight is 212 g/mol. The van der Waals surface area contributed by atoms with Crippen LogP contribution in [-0.2, 0) is 19.1 Å². The molecule has 0 bridgehead atoms. The fourth-order valence-electron chi connectivity index (χ4n) is 1.63. The first-order valence-electron chi connectivity index (χ1n) is 5.24. The van der Waals surface area contributed by atoms with Crippen LogP contribution < -0.4 is 0 Å². The Morgan fingerprint density at radius 1 is 1.33 bits per heavy atom. The molecule has 1 aliphatic carbocycles. The first kappa shape index (κ1) is 11.8. The summed E-state index contributed by atoms with van der Waals surface area (Å²) in [6.45, 7) is 4.16. The molecule has 0 amide bonds. The highest BCUT2D eigenvalue weighted by molar-refractivity contribution is 5.96. The highest BCUT2D eigenvalue weighted by Crippen LogP contribution is 2.27. The lowest BCUT2D eigenvalue weighted by Gasteiger charge is -2.12. The SMILES string of the molecule is CCOC(=O)C1=CCCC1C(=O)OCC. The number of allylic oxidation sites excluding steroid dienone is 1. The molecular weight excluding hydrogens is 196 g/mol. The van der Waals surface area contributed by atoms with E-state index in [2.05, 4.69) is 0 Å². The molecule has 4 nitrogen and oxygen atoms in total. The van der Waals surface area contributed by atoms with Crippen molar-refractivity contribution in [1.29, 1.82) is 0 Å². The molecule has 0 radical (unpaired) electrons. The van der Waals surface area contributed by atoms with Crippen molar-refractivity contribution in [2.75, 3.05) is 13.2 Å². The van der Waals surface area contributed by atoms with Crippen LogP contribution in [0.5, 0.6) is 0 Å². The second-order valence-electron chi connectivity index (χ2n) is 3.26. The zero-order chi connectivity index (χ0) is 11.3. The van der Waals surface area contributed by atoms with Gasteiger partial charge in [-0.25, -0.2) is 4.79 Å². The van der Waals surface area contributed by atoms with E-state index in [1.165, 1.54) is 0 Å². The summed E-state index contributed by atoms with van der Waals surface area (Å²) in [4.78, 5) is 23.0. The first-order chi connectivity index (χ1) is 7.20. The Balaban J connectivity index is 2.63. The minimum Gasteiger partial charge on any atom is -0.466 e. The van der Waals surface area contributed by atoms with Gasteiger partial charge in [-0.1, -0.05) is 6.08 Å². The maximum absolute atomic E-state index is 11.5. The maximum atomic E-state index is 11.5. The molecule has 0 fully saturated rings. The Hall–Kier alpha value is -1.32. The van der Waals surface area contributed by atoms with E-state index in [-0.39, 0.29) is 5.97 Å². The van der Waals surface area contributed by atoms with Gasteiger partial charge < -0.3 is 9.47 Å². The van der Waals surface area contributed by atoms with E-state index < -0.39 is 11.9 Å². The first-order valence-corrected chi connectivity index (χ1v) is 5.24. The summed E-state index contributed by atoms with van der Waals surface area (Å²) in [6, 6.07) is 0. The molecule has 4 heteroatoms. The van der Waals surface area contributed by atoms with Crippen molar-refractivity contribution in [3.63, 3.8) is 0 Å². The number of carbonyl (C=O) groups is 2. The summed E-state index contributed by atoms with van der Waals surface area (Å²) in [5.74, 6) is -1.15. The third-order valence-electron chi connectivity index (χ3n) is 2.28. The number of carbonyl (C=O) groups excluding carboxylic acids is 2. The summed E-state index contributed by atoms with van der Waals surface area (Å²) >= 11 is 0. The van der Waals surface area contributed by atoms with Crippen molar-refractivity contribution in [3.8, 4) is 0 Å². The summed E-state index contributed by atoms with van der Waals surface area (Å²) in [5.41, 5.74) is 0.454. The Bertz CT molecular complexity index is 280. The third kappa shape index (κ3) is 2.81. The molecule has 0 N–H and O–H groups in total. The van der Waals surface area contributed by atoms with Gasteiger partial charge in [-0.3, -0.25) is 4.79 Å². The molecule has 0 aromatic rings. The molecule has 0 saturated carbocycles. The molecule has 0 aromatic carbocycles. The Labute approximate surface area is 89.2 Å². The molecule has 1 aliphatic rings. The minimum atomic E-state index is -0.427. The average Bonchev–Trinajstić information content (AvgIpc) is 2.66. The van der Waals surface area contributed by atoms with Gasteiger partial charge in [0.1, 0.15) is 0 Å². The van der Waals surface area contributed by atoms with Gasteiger partial charge >= 0.3 is 11.9 Å². The zero-order valence-electron chi connectivity index (χ0n) is 9.12. The van der Waals surface area contributed by atoms with Crippen LogP contribution >= 0.6 is 0 Å². The maximum Gasteiger partial charge on any atom is 0.334 e. The molecule has 0 aliphatic heterocycles. The lowest BCUT2D eigenvalue weighted by Crippen LogP contribution is -2.22. The van der Waals surface area contributed by atoms with E-state index in [1.54, 1.807) is 19.9 Å². The van der Waals surface area contributed by atoms with Crippen molar-refractivity contribution >= 4 is 11.9 Å². The molecular formula is C11H16O4. The molecule has 0 spiro atoms. The van der Waals surface area contributed by atoms with Gasteiger partial charge in [0.25, 0.3) is 0 Å². The second kappa shape index (κ2) is 5.53. The van der Waals surface area contributed by atoms with E-state index in [1.807, 2.05) is 0 Å². The Morgan fingerprint density at radius 2 is 2.00 bits per heavy atom. The Kier molecular flexibility index (Phi) is 4.34. The molecule has 0 saturated heterocycles. The fourth-order valence-corrected chi connectivity index (χ4v) is 1.63. The predicted octanol–water partition coefficient (Wildman–Crippen LogP) is 1.45. The van der Waals surface area contributed by atoms with Crippen molar-refractivity contribution < 1.29 is 19.1 Å². The minimum absolute atomic E-state index is 0.325. The van der Waals surface area contributed by atoms with Gasteiger partial charge in [-0.05, 0) is 26.7 Å². The standard InChI is InChI=1S/C11H16O4/c1-3-14-10(12)8-6-5-7-9(8)11(13)15-4-2/h6,9H,3-5,7H2,1-2H3. The zero-order valence-corrected chi connectivity index (χ0v) is 9.12. The summed E-state index contributed by atoms with van der Waals surface area (Å²) in [7, 11) is 0. The van der Waals surface area contributed by atoms with Gasteiger partial charge in [0, 0.05) is 5.57 Å². The van der Waals surface area contributed by atoms with Crippen LogP contribution in [0.15, 0.2) is 11.6 Å². The molecule has 1 rings (SSSR count). The van der Waals surface area contributed by atoms with Crippen LogP contribution in [-0.4, -0.2) is 25.2 Å². The monoisotopic (exact) mass is 212 g/mol. The van der Waals surface area contributed by atoms with Crippen LogP contribution in [0.25, 0.3) is 0 Å². The summed E-state index contributed by atoms with van der Waals surface area (Å²) in [6.07, 6.45) is 3.14. The fraction of sp³-hybridized carbons (Fsp3) is 0.636. The largest absolute Gasteiger partial charge is 0.466 e. The van der Waals surface area contributed by atoms with Crippen LogP contribution in [0.4, 0.5) is 0 Å². The van der Waals surface area contributed by atoms with Gasteiger partial charge in [-0.15, -0.1) is 0 Å². The molecule has 15 heavy (non-hydrogen) atoms. The number of hydrogen-bond donors (Lipinski definition) is 0. The van der Waals surface area contributed by atoms with Crippen LogP contribution in [0, 0.1) is 5.92 Å². The van der Waals surface area contributed by atoms with Gasteiger partial charge in [0.2, 0.25) is 0 Å². The molecule has 1 atom stereocenters. The van der Waals surface area contributed by atoms with E-state index in [9.17, 15) is 9.59 Å². The van der Waals surface area contributed by atoms with Crippen LogP contribution in [0.2, 0.25) is 0 Å². The quantitative estimate of drug-likeness (QED) is 0.662. The number of rotatable bonds is 4. The van der Waals surface area contributed by atoms with E-state index >= 15 is 0 Å².